The number of carbonyl (C=O) groups excluding carboxylic acids is 1. The SMILES string of the molecule is COc1ccc(S(=O)(=O)NN=Cc2ccc(OC(=O)Nc3ccccc3)c(OC)c2)cc1. The molecule has 0 unspecified atom stereocenters. The summed E-state index contributed by atoms with van der Waals surface area (Å²) in [6.07, 6.45) is 0.625. The van der Waals surface area contributed by atoms with E-state index in [9.17, 15) is 13.2 Å². The maximum atomic E-state index is 12.3. The highest BCUT2D eigenvalue weighted by Crippen LogP contribution is 2.28. The number of hydrogen-bond acceptors (Lipinski definition) is 7. The van der Waals surface area contributed by atoms with Gasteiger partial charge in [0.15, 0.2) is 11.5 Å². The van der Waals surface area contributed by atoms with E-state index in [1.807, 2.05) is 6.07 Å². The summed E-state index contributed by atoms with van der Waals surface area (Å²) in [6.45, 7) is 0. The van der Waals surface area contributed by atoms with Gasteiger partial charge in [0.25, 0.3) is 10.0 Å². The van der Waals surface area contributed by atoms with Gasteiger partial charge >= 0.3 is 6.09 Å². The Morgan fingerprint density at radius 3 is 2.28 bits per heavy atom. The van der Waals surface area contributed by atoms with Crippen molar-refractivity contribution in [2.75, 3.05) is 19.5 Å². The predicted octanol–water partition coefficient (Wildman–Crippen LogP) is 3.63. The van der Waals surface area contributed by atoms with Crippen molar-refractivity contribution >= 4 is 28.0 Å². The molecule has 0 aliphatic rings. The summed E-state index contributed by atoms with van der Waals surface area (Å²) in [6, 6.07) is 19.4. The van der Waals surface area contributed by atoms with Crippen molar-refractivity contribution in [1.29, 1.82) is 0 Å². The molecule has 0 bridgehead atoms. The fourth-order valence-electron chi connectivity index (χ4n) is 2.59. The topological polar surface area (TPSA) is 115 Å². The van der Waals surface area contributed by atoms with Gasteiger partial charge in [-0.25, -0.2) is 9.63 Å². The molecule has 0 saturated carbocycles. The fourth-order valence-corrected chi connectivity index (χ4v) is 3.38. The lowest BCUT2D eigenvalue weighted by Crippen LogP contribution is -2.18. The van der Waals surface area contributed by atoms with E-state index in [2.05, 4.69) is 15.2 Å². The second-order valence-electron chi connectivity index (χ2n) is 6.32. The van der Waals surface area contributed by atoms with Gasteiger partial charge in [-0.1, -0.05) is 18.2 Å². The lowest BCUT2D eigenvalue weighted by atomic mass is 10.2. The van der Waals surface area contributed by atoms with E-state index in [0.717, 1.165) is 0 Å². The van der Waals surface area contributed by atoms with Crippen LogP contribution in [-0.4, -0.2) is 34.9 Å². The molecule has 3 rings (SSSR count). The number of ether oxygens (including phenoxy) is 3. The van der Waals surface area contributed by atoms with Crippen molar-refractivity contribution < 1.29 is 27.4 Å². The second kappa shape index (κ2) is 10.3. The van der Waals surface area contributed by atoms with E-state index in [-0.39, 0.29) is 16.4 Å². The van der Waals surface area contributed by atoms with E-state index >= 15 is 0 Å². The lowest BCUT2D eigenvalue weighted by molar-refractivity contribution is 0.213. The van der Waals surface area contributed by atoms with Crippen LogP contribution in [0.4, 0.5) is 10.5 Å². The third-order valence-corrected chi connectivity index (χ3v) is 5.41. The van der Waals surface area contributed by atoms with Crippen molar-refractivity contribution in [3.8, 4) is 17.2 Å². The molecule has 0 radical (unpaired) electrons. The van der Waals surface area contributed by atoms with Crippen LogP contribution in [0, 0.1) is 0 Å². The van der Waals surface area contributed by atoms with Crippen LogP contribution in [0.3, 0.4) is 0 Å². The van der Waals surface area contributed by atoms with E-state index in [0.29, 0.717) is 17.0 Å². The van der Waals surface area contributed by atoms with Crippen molar-refractivity contribution in [1.82, 2.24) is 4.83 Å². The Labute approximate surface area is 185 Å². The van der Waals surface area contributed by atoms with E-state index < -0.39 is 16.1 Å². The maximum Gasteiger partial charge on any atom is 0.417 e. The smallest absolute Gasteiger partial charge is 0.417 e. The number of sulfonamides is 1. The minimum Gasteiger partial charge on any atom is -0.497 e. The molecule has 10 heteroatoms. The van der Waals surface area contributed by atoms with Crippen LogP contribution in [0.15, 0.2) is 82.8 Å². The third-order valence-electron chi connectivity index (χ3n) is 4.17. The van der Waals surface area contributed by atoms with Gasteiger partial charge in [0.05, 0.1) is 25.3 Å². The molecule has 0 aromatic heterocycles. The molecular formula is C22H21N3O6S. The number of nitrogens with zero attached hydrogens (tertiary/aromatic N) is 1. The monoisotopic (exact) mass is 455 g/mol. The van der Waals surface area contributed by atoms with Crippen LogP contribution in [-0.2, 0) is 10.0 Å². The van der Waals surface area contributed by atoms with E-state index in [4.69, 9.17) is 14.2 Å². The minimum atomic E-state index is -3.84. The van der Waals surface area contributed by atoms with Crippen LogP contribution in [0.25, 0.3) is 0 Å². The molecule has 3 aromatic rings. The number of hydrazone groups is 1. The molecule has 3 aromatic carbocycles. The number of amides is 1. The number of methoxy groups -OCH3 is 2. The van der Waals surface area contributed by atoms with Gasteiger partial charge in [0.2, 0.25) is 0 Å². The second-order valence-corrected chi connectivity index (χ2v) is 7.98. The Morgan fingerprint density at radius 2 is 1.62 bits per heavy atom. The molecule has 1 amide bonds. The number of carbonyl (C=O) groups is 1. The summed E-state index contributed by atoms with van der Waals surface area (Å²) in [5.74, 6) is 1.01. The minimum absolute atomic E-state index is 0.0428. The zero-order valence-electron chi connectivity index (χ0n) is 17.3. The summed E-state index contributed by atoms with van der Waals surface area (Å²) in [4.78, 5) is 14.3. The number of hydrogen-bond donors (Lipinski definition) is 2. The Hall–Kier alpha value is -4.05. The first kappa shape index (κ1) is 22.6. The van der Waals surface area contributed by atoms with E-state index in [1.165, 1.54) is 50.8 Å². The average Bonchev–Trinajstić information content (AvgIpc) is 2.80. The lowest BCUT2D eigenvalue weighted by Gasteiger charge is -2.10. The van der Waals surface area contributed by atoms with Crippen LogP contribution in [0.5, 0.6) is 17.2 Å². The first-order valence-corrected chi connectivity index (χ1v) is 10.8. The highest BCUT2D eigenvalue weighted by atomic mass is 32.2. The summed E-state index contributed by atoms with van der Waals surface area (Å²) in [5, 5.41) is 6.39. The molecule has 2 N–H and O–H groups in total. The molecule has 166 valence electrons. The van der Waals surface area contributed by atoms with Gasteiger partial charge in [-0.3, -0.25) is 5.32 Å². The summed E-state index contributed by atoms with van der Waals surface area (Å²) in [5.41, 5.74) is 1.11. The molecule has 32 heavy (non-hydrogen) atoms. The number of benzene rings is 3. The third kappa shape index (κ3) is 5.99. The quantitative estimate of drug-likeness (QED) is 0.396. The molecular weight excluding hydrogens is 434 g/mol. The Kier molecular flexibility index (Phi) is 7.29. The first-order valence-electron chi connectivity index (χ1n) is 9.32. The van der Waals surface area contributed by atoms with Gasteiger partial charge in [0.1, 0.15) is 5.75 Å². The maximum absolute atomic E-state index is 12.3. The summed E-state index contributed by atoms with van der Waals surface area (Å²) < 4.78 is 40.2. The van der Waals surface area contributed by atoms with E-state index in [1.54, 1.807) is 36.4 Å². The highest BCUT2D eigenvalue weighted by Gasteiger charge is 2.13. The molecule has 0 spiro atoms. The van der Waals surface area contributed by atoms with Crippen LogP contribution < -0.4 is 24.4 Å². The molecule has 0 heterocycles. The van der Waals surface area contributed by atoms with Gasteiger partial charge < -0.3 is 14.2 Å². The van der Waals surface area contributed by atoms with Crippen molar-refractivity contribution in [2.24, 2.45) is 5.10 Å². The van der Waals surface area contributed by atoms with Crippen molar-refractivity contribution in [3.63, 3.8) is 0 Å². The predicted molar refractivity (Wildman–Crippen MR) is 120 cm³/mol. The molecule has 0 saturated heterocycles. The van der Waals surface area contributed by atoms with Crippen molar-refractivity contribution in [2.45, 2.75) is 4.90 Å². The number of anilines is 1. The van der Waals surface area contributed by atoms with Crippen LogP contribution in [0.1, 0.15) is 5.56 Å². The molecule has 0 aliphatic heterocycles. The molecule has 0 aliphatic carbocycles. The van der Waals surface area contributed by atoms with Crippen LogP contribution in [0.2, 0.25) is 0 Å². The highest BCUT2D eigenvalue weighted by molar-refractivity contribution is 7.89. The normalized spacial score (nSPS) is 11.1. The Bertz CT molecular complexity index is 1200. The zero-order valence-corrected chi connectivity index (χ0v) is 18.1. The average molecular weight is 455 g/mol. The number of nitrogens with one attached hydrogen (secondary N) is 2. The Balaban J connectivity index is 1.65. The zero-order chi connectivity index (χ0) is 23.0. The van der Waals surface area contributed by atoms with Gasteiger partial charge in [-0.15, -0.1) is 0 Å². The first-order chi connectivity index (χ1) is 15.4. The Morgan fingerprint density at radius 1 is 0.906 bits per heavy atom. The van der Waals surface area contributed by atoms with Gasteiger partial charge in [-0.05, 0) is 60.2 Å². The molecule has 0 atom stereocenters. The van der Waals surface area contributed by atoms with Crippen LogP contribution >= 0.6 is 0 Å². The molecule has 9 nitrogen and oxygen atoms in total. The number of para-hydroxylation sites is 1. The largest absolute Gasteiger partial charge is 0.497 e. The van der Waals surface area contributed by atoms with Gasteiger partial charge in [0, 0.05) is 5.69 Å². The van der Waals surface area contributed by atoms with Gasteiger partial charge in [-0.2, -0.15) is 13.5 Å². The summed E-state index contributed by atoms with van der Waals surface area (Å²) in [7, 11) is -0.924. The number of rotatable bonds is 8. The fraction of sp³-hybridized carbons (Fsp3) is 0.0909. The van der Waals surface area contributed by atoms with Crippen molar-refractivity contribution in [3.05, 3.63) is 78.4 Å². The summed E-state index contributed by atoms with van der Waals surface area (Å²) >= 11 is 0. The molecule has 0 fully saturated rings. The standard InChI is InChI=1S/C22H21N3O6S/c1-29-18-9-11-19(12-10-18)32(27,28)25-23-15-16-8-13-20(21(14-16)30-2)31-22(26)24-17-6-4-3-5-7-17/h3-15,25H,1-2H3,(H,24,26).